The van der Waals surface area contributed by atoms with Gasteiger partial charge in [0.1, 0.15) is 0 Å². The van der Waals surface area contributed by atoms with Crippen LogP contribution in [-0.2, 0) is 4.79 Å². The highest BCUT2D eigenvalue weighted by Gasteiger charge is 2.34. The van der Waals surface area contributed by atoms with Gasteiger partial charge in [-0.25, -0.2) is 4.79 Å². The van der Waals surface area contributed by atoms with E-state index in [0.29, 0.717) is 6.54 Å². The lowest BCUT2D eigenvalue weighted by Crippen LogP contribution is -2.56. The molecule has 0 heterocycles. The smallest absolute Gasteiger partial charge is 0.317 e. The number of amides is 2. The van der Waals surface area contributed by atoms with Crippen molar-refractivity contribution in [1.82, 2.24) is 15.5 Å². The van der Waals surface area contributed by atoms with Crippen LogP contribution in [0.1, 0.15) is 39.0 Å². The van der Waals surface area contributed by atoms with Gasteiger partial charge in [0.25, 0.3) is 0 Å². The second-order valence-electron chi connectivity index (χ2n) is 5.46. The highest BCUT2D eigenvalue weighted by atomic mass is 16.4. The number of rotatable bonds is 10. The highest BCUT2D eigenvalue weighted by Crippen LogP contribution is 2.25. The van der Waals surface area contributed by atoms with Crippen LogP contribution in [0.3, 0.4) is 0 Å². The molecule has 1 saturated carbocycles. The number of hydrogen-bond donors (Lipinski definition) is 3. The van der Waals surface area contributed by atoms with Crippen molar-refractivity contribution in [3.63, 3.8) is 0 Å². The summed E-state index contributed by atoms with van der Waals surface area (Å²) in [6.07, 6.45) is 6.50. The molecule has 0 aliphatic heterocycles. The summed E-state index contributed by atoms with van der Waals surface area (Å²) in [5.74, 6) is -0.800. The van der Waals surface area contributed by atoms with E-state index in [4.69, 9.17) is 5.11 Å². The zero-order chi connectivity index (χ0) is 15.7. The number of carboxylic acids is 1. The van der Waals surface area contributed by atoms with Gasteiger partial charge < -0.3 is 15.7 Å². The third-order valence-electron chi connectivity index (χ3n) is 3.83. The molecule has 0 atom stereocenters. The monoisotopic (exact) mass is 297 g/mol. The first-order valence-electron chi connectivity index (χ1n) is 7.67. The number of nitrogens with one attached hydrogen (secondary N) is 2. The first-order valence-corrected chi connectivity index (χ1v) is 7.67. The molecule has 21 heavy (non-hydrogen) atoms. The van der Waals surface area contributed by atoms with Crippen molar-refractivity contribution in [1.29, 1.82) is 0 Å². The molecule has 0 bridgehead atoms. The fourth-order valence-corrected chi connectivity index (χ4v) is 2.53. The van der Waals surface area contributed by atoms with Crippen molar-refractivity contribution in [2.75, 3.05) is 19.6 Å². The molecule has 0 spiro atoms. The predicted octanol–water partition coefficient (Wildman–Crippen LogP) is 1.58. The topological polar surface area (TPSA) is 81.7 Å². The summed E-state index contributed by atoms with van der Waals surface area (Å²) in [5.41, 5.74) is 0. The molecule has 1 fully saturated rings. The molecule has 1 aliphatic rings. The van der Waals surface area contributed by atoms with Gasteiger partial charge in [-0.3, -0.25) is 9.69 Å². The van der Waals surface area contributed by atoms with Crippen LogP contribution in [0.25, 0.3) is 0 Å². The second kappa shape index (κ2) is 9.39. The lowest BCUT2D eigenvalue weighted by molar-refractivity contribution is -0.139. The Bertz CT molecular complexity index is 354. The highest BCUT2D eigenvalue weighted by molar-refractivity contribution is 5.74. The van der Waals surface area contributed by atoms with E-state index in [1.807, 2.05) is 17.9 Å². The van der Waals surface area contributed by atoms with Gasteiger partial charge in [0.2, 0.25) is 0 Å². The van der Waals surface area contributed by atoms with Gasteiger partial charge >= 0.3 is 12.0 Å². The van der Waals surface area contributed by atoms with E-state index in [1.54, 1.807) is 0 Å². The van der Waals surface area contributed by atoms with Crippen molar-refractivity contribution >= 4 is 12.0 Å². The Balaban J connectivity index is 2.11. The molecular formula is C15H27N3O3. The molecule has 2 amide bonds. The molecule has 1 rings (SSSR count). The summed E-state index contributed by atoms with van der Waals surface area (Å²) in [7, 11) is 0. The van der Waals surface area contributed by atoms with E-state index < -0.39 is 5.97 Å². The van der Waals surface area contributed by atoms with Gasteiger partial charge in [-0.2, -0.15) is 0 Å². The summed E-state index contributed by atoms with van der Waals surface area (Å²) in [6, 6.07) is 0.299. The van der Waals surface area contributed by atoms with Crippen molar-refractivity contribution in [2.45, 2.75) is 51.1 Å². The molecule has 0 aromatic rings. The van der Waals surface area contributed by atoms with Gasteiger partial charge in [-0.05, 0) is 38.6 Å². The van der Waals surface area contributed by atoms with E-state index in [0.717, 1.165) is 38.6 Å². The van der Waals surface area contributed by atoms with Gasteiger partial charge in [-0.15, -0.1) is 6.58 Å². The van der Waals surface area contributed by atoms with Crippen LogP contribution in [-0.4, -0.2) is 53.7 Å². The number of carbonyl (C=O) groups is 2. The molecule has 0 saturated heterocycles. The van der Waals surface area contributed by atoms with Crippen LogP contribution in [0.4, 0.5) is 4.79 Å². The quantitative estimate of drug-likeness (QED) is 0.422. The van der Waals surface area contributed by atoms with E-state index in [9.17, 15) is 9.59 Å². The predicted molar refractivity (Wildman–Crippen MR) is 82.3 cm³/mol. The summed E-state index contributed by atoms with van der Waals surface area (Å²) in [5, 5.41) is 14.6. The Morgan fingerprint density at radius 1 is 1.38 bits per heavy atom. The van der Waals surface area contributed by atoms with Gasteiger partial charge in [0.05, 0.1) is 6.54 Å². The fraction of sp³-hybridized carbons (Fsp3) is 0.733. The summed E-state index contributed by atoms with van der Waals surface area (Å²) >= 11 is 0. The fourth-order valence-electron chi connectivity index (χ4n) is 2.53. The molecule has 1 aliphatic carbocycles. The standard InChI is InChI=1S/C15H27N3O3/c1-3-5-6-7-8-16-15(21)17-12-9-13(10-12)18(4-2)11-14(19)20/h3,12-13H,1,4-11H2,2H3,(H,19,20)(H2,16,17,21). The number of nitrogens with zero attached hydrogens (tertiary/aromatic N) is 1. The van der Waals surface area contributed by atoms with Crippen LogP contribution in [0.15, 0.2) is 12.7 Å². The lowest BCUT2D eigenvalue weighted by Gasteiger charge is -2.42. The Morgan fingerprint density at radius 2 is 2.10 bits per heavy atom. The number of likely N-dealkylation sites (N-methyl/N-ethyl adjacent to an activating group) is 1. The zero-order valence-corrected chi connectivity index (χ0v) is 12.8. The maximum absolute atomic E-state index is 11.7. The van der Waals surface area contributed by atoms with Crippen LogP contribution in [0, 0.1) is 0 Å². The number of unbranched alkanes of at least 4 members (excludes halogenated alkanes) is 2. The normalized spacial score (nSPS) is 20.7. The number of aliphatic carboxylic acids is 1. The molecular weight excluding hydrogens is 270 g/mol. The molecule has 3 N–H and O–H groups in total. The van der Waals surface area contributed by atoms with E-state index in [1.165, 1.54) is 0 Å². The second-order valence-corrected chi connectivity index (χ2v) is 5.46. The minimum absolute atomic E-state index is 0.0728. The average molecular weight is 297 g/mol. The molecule has 120 valence electrons. The molecule has 0 unspecified atom stereocenters. The van der Waals surface area contributed by atoms with Crippen LogP contribution >= 0.6 is 0 Å². The van der Waals surface area contributed by atoms with Crippen molar-refractivity contribution < 1.29 is 14.7 Å². The third-order valence-corrected chi connectivity index (χ3v) is 3.83. The molecule has 0 aromatic heterocycles. The van der Waals surface area contributed by atoms with Gasteiger partial charge in [-0.1, -0.05) is 13.0 Å². The maximum atomic E-state index is 11.7. The Kier molecular flexibility index (Phi) is 7.82. The van der Waals surface area contributed by atoms with Crippen molar-refractivity contribution in [2.24, 2.45) is 0 Å². The first kappa shape index (κ1) is 17.5. The number of carboxylic acid groups (broad SMARTS) is 1. The van der Waals surface area contributed by atoms with E-state index >= 15 is 0 Å². The number of hydrogen-bond acceptors (Lipinski definition) is 3. The van der Waals surface area contributed by atoms with E-state index in [-0.39, 0.29) is 24.7 Å². The number of urea groups is 1. The van der Waals surface area contributed by atoms with Crippen LogP contribution < -0.4 is 10.6 Å². The number of allylic oxidation sites excluding steroid dienone is 1. The van der Waals surface area contributed by atoms with Crippen LogP contribution in [0.5, 0.6) is 0 Å². The Labute approximate surface area is 126 Å². The minimum atomic E-state index is -0.800. The average Bonchev–Trinajstić information content (AvgIpc) is 2.39. The van der Waals surface area contributed by atoms with Crippen molar-refractivity contribution in [3.05, 3.63) is 12.7 Å². The largest absolute Gasteiger partial charge is 0.480 e. The Hall–Kier alpha value is -1.56. The minimum Gasteiger partial charge on any atom is -0.480 e. The molecule has 6 nitrogen and oxygen atoms in total. The first-order chi connectivity index (χ1) is 10.1. The van der Waals surface area contributed by atoms with Gasteiger partial charge in [0.15, 0.2) is 0 Å². The molecule has 0 radical (unpaired) electrons. The third kappa shape index (κ3) is 6.62. The number of carbonyl (C=O) groups excluding carboxylic acids is 1. The zero-order valence-electron chi connectivity index (χ0n) is 12.8. The summed E-state index contributed by atoms with van der Waals surface area (Å²) in [4.78, 5) is 24.3. The summed E-state index contributed by atoms with van der Waals surface area (Å²) < 4.78 is 0. The van der Waals surface area contributed by atoms with E-state index in [2.05, 4.69) is 17.2 Å². The summed E-state index contributed by atoms with van der Waals surface area (Å²) in [6.45, 7) is 7.09. The Morgan fingerprint density at radius 3 is 2.67 bits per heavy atom. The molecule has 0 aromatic carbocycles. The van der Waals surface area contributed by atoms with Gasteiger partial charge in [0, 0.05) is 18.6 Å². The lowest BCUT2D eigenvalue weighted by atomic mass is 9.85. The van der Waals surface area contributed by atoms with Crippen LogP contribution in [0.2, 0.25) is 0 Å². The molecule has 6 heteroatoms. The SMILES string of the molecule is C=CCCCCNC(=O)NC1CC(N(CC)CC(=O)O)C1. The van der Waals surface area contributed by atoms with Crippen molar-refractivity contribution in [3.8, 4) is 0 Å². The maximum Gasteiger partial charge on any atom is 0.317 e.